The lowest BCUT2D eigenvalue weighted by atomic mass is 9.93. The normalized spacial score (nSPS) is 15.9. The highest BCUT2D eigenvalue weighted by Crippen LogP contribution is 2.43. The number of fused-ring (bicyclic) bond motifs is 4. The van der Waals surface area contributed by atoms with Crippen LogP contribution in [0.2, 0.25) is 0 Å². The SMILES string of the molecule is COC(=O)OCOc1c(=O)ccn2c1c(=O)c1c(n2[C@@H]2c3ccccc3SCc3c2ccc(F)c3F)COCC1. The van der Waals surface area contributed by atoms with Crippen LogP contribution < -0.4 is 15.6 Å². The third-order valence-electron chi connectivity index (χ3n) is 7.02. The van der Waals surface area contributed by atoms with Crippen LogP contribution in [0, 0.1) is 11.6 Å². The molecule has 6 rings (SSSR count). The molecule has 2 aliphatic rings. The number of carbonyl (C=O) groups is 1. The smallest absolute Gasteiger partial charge is 0.451 e. The zero-order chi connectivity index (χ0) is 28.0. The van der Waals surface area contributed by atoms with Gasteiger partial charge in [0.25, 0.3) is 0 Å². The Kier molecular flexibility index (Phi) is 6.80. The van der Waals surface area contributed by atoms with Gasteiger partial charge in [-0.05, 0) is 23.3 Å². The third-order valence-corrected chi connectivity index (χ3v) is 8.14. The molecule has 0 aliphatic carbocycles. The number of rotatable bonds is 4. The summed E-state index contributed by atoms with van der Waals surface area (Å²) in [5.41, 5.74) is 1.32. The predicted molar refractivity (Wildman–Crippen MR) is 140 cm³/mol. The van der Waals surface area contributed by atoms with Gasteiger partial charge >= 0.3 is 6.16 Å². The van der Waals surface area contributed by atoms with Gasteiger partial charge in [0, 0.05) is 40.5 Å². The van der Waals surface area contributed by atoms with Crippen LogP contribution in [0.3, 0.4) is 0 Å². The highest BCUT2D eigenvalue weighted by molar-refractivity contribution is 7.98. The van der Waals surface area contributed by atoms with E-state index in [1.807, 2.05) is 24.3 Å². The van der Waals surface area contributed by atoms with Crippen molar-refractivity contribution in [2.75, 3.05) is 20.5 Å². The molecule has 0 amide bonds. The molecule has 2 aliphatic heterocycles. The highest BCUT2D eigenvalue weighted by atomic mass is 32.2. The number of hydrogen-bond acceptors (Lipinski definition) is 8. The molecule has 0 saturated heterocycles. The fraction of sp³-hybridized carbons (Fsp3) is 0.250. The maximum atomic E-state index is 15.3. The number of halogens is 2. The standard InChI is InChI=1S/C28H22F2N2O7S/c1-36-28(35)39-14-38-27-21(33)8-10-31-25(27)26(34)16-9-11-37-12-20(16)32(31)24-15-6-7-19(29)23(30)18(15)13-40-22-5-3-2-4-17(22)24/h2-8,10,24H,9,11-14H2,1H3/t24-/m0/s1. The molecule has 4 aromatic rings. The van der Waals surface area contributed by atoms with E-state index in [0.29, 0.717) is 16.8 Å². The Morgan fingerprint density at radius 1 is 1.10 bits per heavy atom. The first-order valence-electron chi connectivity index (χ1n) is 12.3. The summed E-state index contributed by atoms with van der Waals surface area (Å²) >= 11 is 1.38. The van der Waals surface area contributed by atoms with E-state index < -0.39 is 41.5 Å². The molecule has 0 saturated carbocycles. The Bertz CT molecular complexity index is 1790. The van der Waals surface area contributed by atoms with Crippen molar-refractivity contribution in [1.29, 1.82) is 0 Å². The molecular weight excluding hydrogens is 546 g/mol. The fourth-order valence-corrected chi connectivity index (χ4v) is 6.35. The topological polar surface area (TPSA) is 97.5 Å². The summed E-state index contributed by atoms with van der Waals surface area (Å²) in [5, 5.41) is 0. The van der Waals surface area contributed by atoms with E-state index >= 15 is 4.39 Å². The van der Waals surface area contributed by atoms with Crippen molar-refractivity contribution < 1.29 is 32.5 Å². The first-order valence-corrected chi connectivity index (χ1v) is 13.3. The Morgan fingerprint density at radius 3 is 2.75 bits per heavy atom. The van der Waals surface area contributed by atoms with E-state index in [-0.39, 0.29) is 42.2 Å². The summed E-state index contributed by atoms with van der Waals surface area (Å²) in [6, 6.07) is 10.6. The lowest BCUT2D eigenvalue weighted by Gasteiger charge is -2.31. The number of thioether (sulfide) groups is 1. The lowest BCUT2D eigenvalue weighted by Crippen LogP contribution is -2.35. The van der Waals surface area contributed by atoms with Crippen molar-refractivity contribution >= 4 is 23.4 Å². The van der Waals surface area contributed by atoms with Gasteiger partial charge in [0.1, 0.15) is 6.04 Å². The molecule has 0 radical (unpaired) electrons. The number of pyridine rings is 1. The second kappa shape index (κ2) is 10.4. The molecule has 40 heavy (non-hydrogen) atoms. The summed E-state index contributed by atoms with van der Waals surface area (Å²) in [6.07, 6.45) is 0.674. The molecule has 0 N–H and O–H groups in total. The minimum atomic E-state index is -1.02. The second-order valence-electron chi connectivity index (χ2n) is 9.12. The minimum absolute atomic E-state index is 0.0824. The number of ether oxygens (including phenoxy) is 4. The Morgan fingerprint density at radius 2 is 1.93 bits per heavy atom. The zero-order valence-corrected chi connectivity index (χ0v) is 22.0. The van der Waals surface area contributed by atoms with E-state index in [1.165, 1.54) is 28.5 Å². The molecule has 206 valence electrons. The maximum Gasteiger partial charge on any atom is 0.510 e. The van der Waals surface area contributed by atoms with Crippen molar-refractivity contribution in [2.45, 2.75) is 29.7 Å². The van der Waals surface area contributed by atoms with Gasteiger partial charge in [-0.15, -0.1) is 11.8 Å². The van der Waals surface area contributed by atoms with Gasteiger partial charge in [-0.2, -0.15) is 0 Å². The Balaban J connectivity index is 1.69. The molecule has 0 bridgehead atoms. The largest absolute Gasteiger partial charge is 0.510 e. The minimum Gasteiger partial charge on any atom is -0.451 e. The molecule has 4 heterocycles. The summed E-state index contributed by atoms with van der Waals surface area (Å²) in [4.78, 5) is 39.1. The molecule has 1 atom stereocenters. The second-order valence-corrected chi connectivity index (χ2v) is 10.1. The summed E-state index contributed by atoms with van der Waals surface area (Å²) in [5.74, 6) is -2.02. The molecule has 0 spiro atoms. The van der Waals surface area contributed by atoms with E-state index in [0.717, 1.165) is 23.6 Å². The Hall–Kier alpha value is -4.16. The predicted octanol–water partition coefficient (Wildman–Crippen LogP) is 4.17. The van der Waals surface area contributed by atoms with Crippen molar-refractivity contribution in [3.8, 4) is 5.75 Å². The third kappa shape index (κ3) is 4.23. The number of carbonyl (C=O) groups excluding carboxylic acids is 1. The first kappa shape index (κ1) is 26.1. The number of aromatic nitrogens is 2. The molecule has 0 fully saturated rings. The Labute approximate surface area is 229 Å². The van der Waals surface area contributed by atoms with Crippen molar-refractivity contribution in [1.82, 2.24) is 9.20 Å². The molecule has 2 aromatic carbocycles. The average molecular weight is 569 g/mol. The van der Waals surface area contributed by atoms with E-state index in [1.54, 1.807) is 10.7 Å². The first-order chi connectivity index (χ1) is 19.4. The number of hydrogen-bond donors (Lipinski definition) is 0. The summed E-state index contributed by atoms with van der Waals surface area (Å²) in [6.45, 7) is -0.304. The van der Waals surface area contributed by atoms with Crippen molar-refractivity contribution in [3.63, 3.8) is 0 Å². The molecular formula is C28H22F2N2O7S. The van der Waals surface area contributed by atoms with E-state index in [9.17, 15) is 18.8 Å². The van der Waals surface area contributed by atoms with Crippen LogP contribution >= 0.6 is 11.8 Å². The lowest BCUT2D eigenvalue weighted by molar-refractivity contribution is 0.0149. The highest BCUT2D eigenvalue weighted by Gasteiger charge is 2.33. The molecule has 0 unspecified atom stereocenters. The molecule has 9 nitrogen and oxygen atoms in total. The van der Waals surface area contributed by atoms with Crippen LogP contribution in [0.5, 0.6) is 5.75 Å². The van der Waals surface area contributed by atoms with Crippen LogP contribution in [0.1, 0.15) is 34.0 Å². The summed E-state index contributed by atoms with van der Waals surface area (Å²) < 4.78 is 53.4. The van der Waals surface area contributed by atoms with Gasteiger partial charge in [-0.25, -0.2) is 13.6 Å². The van der Waals surface area contributed by atoms with Crippen molar-refractivity contribution in [2.24, 2.45) is 0 Å². The van der Waals surface area contributed by atoms with Gasteiger partial charge in [-0.3, -0.25) is 18.8 Å². The fourth-order valence-electron chi connectivity index (χ4n) is 5.24. The van der Waals surface area contributed by atoms with Crippen LogP contribution in [0.15, 0.2) is 63.1 Å². The zero-order valence-electron chi connectivity index (χ0n) is 21.1. The van der Waals surface area contributed by atoms with Gasteiger partial charge in [-0.1, -0.05) is 24.3 Å². The van der Waals surface area contributed by atoms with Crippen LogP contribution in [0.4, 0.5) is 13.6 Å². The van der Waals surface area contributed by atoms with E-state index in [2.05, 4.69) is 4.74 Å². The van der Waals surface area contributed by atoms with Gasteiger partial charge in [0.2, 0.25) is 23.4 Å². The quantitative estimate of drug-likeness (QED) is 0.267. The molecule has 12 heteroatoms. The van der Waals surface area contributed by atoms with Crippen molar-refractivity contribution in [3.05, 3.63) is 109 Å². The van der Waals surface area contributed by atoms with Gasteiger partial charge in [0.15, 0.2) is 17.2 Å². The number of benzene rings is 2. The number of nitrogens with zero attached hydrogens (tertiary/aromatic N) is 2. The average Bonchev–Trinajstić information content (AvgIpc) is 3.13. The summed E-state index contributed by atoms with van der Waals surface area (Å²) in [7, 11) is 1.12. The van der Waals surface area contributed by atoms with Crippen LogP contribution in [-0.2, 0) is 33.0 Å². The van der Waals surface area contributed by atoms with Crippen LogP contribution in [-0.4, -0.2) is 35.9 Å². The maximum absolute atomic E-state index is 15.3. The monoisotopic (exact) mass is 568 g/mol. The van der Waals surface area contributed by atoms with Crippen LogP contribution in [0.25, 0.3) is 5.52 Å². The number of methoxy groups -OCH3 is 1. The molecule has 2 aromatic heterocycles. The van der Waals surface area contributed by atoms with E-state index in [4.69, 9.17) is 14.2 Å². The van der Waals surface area contributed by atoms with Gasteiger partial charge in [0.05, 0.1) is 26.0 Å². The van der Waals surface area contributed by atoms with Gasteiger partial charge < -0.3 is 18.9 Å².